The van der Waals surface area contributed by atoms with E-state index in [-0.39, 0.29) is 17.7 Å². The molecule has 0 radical (unpaired) electrons. The summed E-state index contributed by atoms with van der Waals surface area (Å²) in [7, 11) is 1.36. The Morgan fingerprint density at radius 1 is 1.45 bits per heavy atom. The van der Waals surface area contributed by atoms with Crippen LogP contribution in [0.2, 0.25) is 0 Å². The van der Waals surface area contributed by atoms with E-state index in [9.17, 15) is 19.7 Å². The molecule has 11 nitrogen and oxygen atoms in total. The maximum absolute atomic E-state index is 12.0. The summed E-state index contributed by atoms with van der Waals surface area (Å²) < 4.78 is 7.03. The lowest BCUT2D eigenvalue weighted by Gasteiger charge is -1.99. The van der Waals surface area contributed by atoms with E-state index in [1.165, 1.54) is 7.05 Å². The molecule has 0 atom stereocenters. The molecule has 3 rings (SSSR count). The molecule has 0 amide bonds. The van der Waals surface area contributed by atoms with Crippen molar-refractivity contribution in [3.63, 3.8) is 0 Å². The molecule has 1 N–H and O–H groups in total. The highest BCUT2D eigenvalue weighted by Crippen LogP contribution is 2.19. The van der Waals surface area contributed by atoms with Gasteiger partial charge in [-0.25, -0.2) is 9.36 Å². The number of aromatic amines is 1. The molecule has 0 aromatic carbocycles. The first-order valence-corrected chi connectivity index (χ1v) is 6.14. The van der Waals surface area contributed by atoms with Gasteiger partial charge < -0.3 is 14.6 Å². The summed E-state index contributed by atoms with van der Waals surface area (Å²) in [4.78, 5) is 39.9. The molecule has 3 aromatic rings. The second-order valence-corrected chi connectivity index (χ2v) is 4.67. The van der Waals surface area contributed by atoms with E-state index in [1.807, 2.05) is 0 Å². The normalized spacial score (nSPS) is 11.2. The number of rotatable bonds is 3. The van der Waals surface area contributed by atoms with E-state index < -0.39 is 22.1 Å². The fourth-order valence-corrected chi connectivity index (χ4v) is 2.17. The lowest BCUT2D eigenvalue weighted by molar-refractivity contribution is -0.396. The van der Waals surface area contributed by atoms with E-state index in [2.05, 4.69) is 15.1 Å². The van der Waals surface area contributed by atoms with Crippen molar-refractivity contribution in [1.29, 1.82) is 0 Å². The van der Waals surface area contributed by atoms with Crippen LogP contribution in [-0.2, 0) is 13.6 Å². The lowest BCUT2D eigenvalue weighted by Crippen LogP contribution is -2.29. The quantitative estimate of drug-likeness (QED) is 0.516. The van der Waals surface area contributed by atoms with E-state index in [4.69, 9.17) is 4.52 Å². The average molecular weight is 306 g/mol. The molecule has 3 aromatic heterocycles. The Morgan fingerprint density at radius 2 is 2.18 bits per heavy atom. The van der Waals surface area contributed by atoms with Gasteiger partial charge in [-0.2, -0.15) is 0 Å². The maximum Gasteiger partial charge on any atom is 0.437 e. The molecular formula is C11H10N6O5. The summed E-state index contributed by atoms with van der Waals surface area (Å²) in [6, 6.07) is 1.59. The van der Waals surface area contributed by atoms with Crippen LogP contribution in [0.15, 0.2) is 20.2 Å². The molecule has 0 aliphatic carbocycles. The zero-order valence-electron chi connectivity index (χ0n) is 11.6. The summed E-state index contributed by atoms with van der Waals surface area (Å²) in [5, 5.41) is 14.9. The number of aryl methyl sites for hydroxylation is 2. The number of fused-ring (bicyclic) bond motifs is 1. The molecule has 114 valence electrons. The van der Waals surface area contributed by atoms with E-state index in [1.54, 1.807) is 13.0 Å². The van der Waals surface area contributed by atoms with Gasteiger partial charge in [0.05, 0.1) is 0 Å². The largest absolute Gasteiger partial charge is 0.437 e. The SMILES string of the molecule is Cc1cc(Cn2c([N+](=O)[O-])nc3c2c(=O)[nH]c(=O)n3C)no1. The van der Waals surface area contributed by atoms with Gasteiger partial charge in [0.1, 0.15) is 18.0 Å². The van der Waals surface area contributed by atoms with Crippen LogP contribution in [-0.4, -0.2) is 29.2 Å². The van der Waals surface area contributed by atoms with Crippen molar-refractivity contribution in [2.75, 3.05) is 0 Å². The predicted octanol–water partition coefficient (Wildman–Crippen LogP) is -0.324. The topological polar surface area (TPSA) is 142 Å². The Hall–Kier alpha value is -3.24. The average Bonchev–Trinajstić information content (AvgIpc) is 3.01. The van der Waals surface area contributed by atoms with Crippen molar-refractivity contribution in [3.05, 3.63) is 48.5 Å². The van der Waals surface area contributed by atoms with E-state index >= 15 is 0 Å². The zero-order chi connectivity index (χ0) is 16.0. The Labute approximate surface area is 120 Å². The van der Waals surface area contributed by atoms with Crippen LogP contribution in [0, 0.1) is 17.0 Å². The number of nitrogens with one attached hydrogen (secondary N) is 1. The Kier molecular flexibility index (Phi) is 2.90. The molecular weight excluding hydrogens is 296 g/mol. The number of hydrogen-bond acceptors (Lipinski definition) is 7. The van der Waals surface area contributed by atoms with Crippen molar-refractivity contribution in [2.24, 2.45) is 7.05 Å². The summed E-state index contributed by atoms with van der Waals surface area (Å²) in [5.74, 6) is -0.0225. The third-order valence-electron chi connectivity index (χ3n) is 3.15. The fourth-order valence-electron chi connectivity index (χ4n) is 2.17. The van der Waals surface area contributed by atoms with Crippen molar-refractivity contribution >= 4 is 17.1 Å². The molecule has 0 fully saturated rings. The number of nitrogens with zero attached hydrogens (tertiary/aromatic N) is 5. The molecule has 0 unspecified atom stereocenters. The van der Waals surface area contributed by atoms with Crippen LogP contribution in [0.3, 0.4) is 0 Å². The Balaban J connectivity index is 2.33. The molecule has 11 heteroatoms. The number of H-pyrrole nitrogens is 1. The van der Waals surface area contributed by atoms with Gasteiger partial charge >= 0.3 is 11.6 Å². The minimum atomic E-state index is -0.751. The van der Waals surface area contributed by atoms with Gasteiger partial charge in [-0.3, -0.25) is 14.3 Å². The van der Waals surface area contributed by atoms with Crippen LogP contribution in [0.4, 0.5) is 5.95 Å². The summed E-state index contributed by atoms with van der Waals surface area (Å²) in [6.45, 7) is 1.60. The lowest BCUT2D eigenvalue weighted by atomic mass is 10.3. The van der Waals surface area contributed by atoms with Gasteiger partial charge in [-0.05, 0) is 16.8 Å². The van der Waals surface area contributed by atoms with Gasteiger partial charge in [0.25, 0.3) is 11.2 Å². The molecule has 3 heterocycles. The molecule has 22 heavy (non-hydrogen) atoms. The van der Waals surface area contributed by atoms with Gasteiger partial charge in [0.2, 0.25) is 5.52 Å². The van der Waals surface area contributed by atoms with Gasteiger partial charge in [-0.15, -0.1) is 0 Å². The molecule has 0 bridgehead atoms. The summed E-state index contributed by atoms with van der Waals surface area (Å²) in [5.41, 5.74) is -1.20. The smallest absolute Gasteiger partial charge is 0.390 e. The van der Waals surface area contributed by atoms with Crippen LogP contribution < -0.4 is 11.2 Å². The van der Waals surface area contributed by atoms with Crippen LogP contribution in [0.5, 0.6) is 0 Å². The third-order valence-corrected chi connectivity index (χ3v) is 3.15. The zero-order valence-corrected chi connectivity index (χ0v) is 11.6. The van der Waals surface area contributed by atoms with Crippen molar-refractivity contribution < 1.29 is 9.45 Å². The summed E-state index contributed by atoms with van der Waals surface area (Å²) in [6.07, 6.45) is 0. The van der Waals surface area contributed by atoms with Gasteiger partial charge in [0.15, 0.2) is 0 Å². The van der Waals surface area contributed by atoms with E-state index in [0.29, 0.717) is 11.5 Å². The third kappa shape index (κ3) is 1.99. The second-order valence-electron chi connectivity index (χ2n) is 4.67. The summed E-state index contributed by atoms with van der Waals surface area (Å²) >= 11 is 0. The highest BCUT2D eigenvalue weighted by atomic mass is 16.6. The van der Waals surface area contributed by atoms with Crippen LogP contribution in [0.1, 0.15) is 11.5 Å². The molecule has 0 saturated heterocycles. The first-order valence-electron chi connectivity index (χ1n) is 6.14. The maximum atomic E-state index is 12.0. The van der Waals surface area contributed by atoms with Gasteiger partial charge in [-0.1, -0.05) is 5.16 Å². The minimum Gasteiger partial charge on any atom is -0.390 e. The van der Waals surface area contributed by atoms with E-state index in [0.717, 1.165) is 9.13 Å². The Morgan fingerprint density at radius 3 is 2.77 bits per heavy atom. The van der Waals surface area contributed by atoms with Crippen LogP contribution in [0.25, 0.3) is 11.2 Å². The highest BCUT2D eigenvalue weighted by Gasteiger charge is 2.27. The van der Waals surface area contributed by atoms with Crippen molar-refractivity contribution in [3.8, 4) is 0 Å². The Bertz CT molecular complexity index is 1010. The minimum absolute atomic E-state index is 0.0688. The molecule has 0 aliphatic heterocycles. The number of aromatic nitrogens is 5. The predicted molar refractivity (Wildman–Crippen MR) is 72.6 cm³/mol. The number of nitro groups is 1. The molecule has 0 spiro atoms. The second kappa shape index (κ2) is 4.65. The highest BCUT2D eigenvalue weighted by molar-refractivity contribution is 5.72. The molecule has 0 aliphatic rings. The first kappa shape index (κ1) is 13.7. The number of imidazole rings is 1. The fraction of sp³-hybridized carbons (Fsp3) is 0.273. The monoisotopic (exact) mass is 306 g/mol. The van der Waals surface area contributed by atoms with Crippen molar-refractivity contribution in [2.45, 2.75) is 13.5 Å². The van der Waals surface area contributed by atoms with Crippen molar-refractivity contribution in [1.82, 2.24) is 24.3 Å². The van der Waals surface area contributed by atoms with Gasteiger partial charge in [0, 0.05) is 13.1 Å². The molecule has 0 saturated carbocycles. The standard InChI is InChI=1S/C11H10N6O5/c1-5-3-6(14-22-5)4-16-7-8(12-10(16)17(20)21)15(2)11(19)13-9(7)18/h3H,4H2,1-2H3,(H,13,18,19). The number of hydrogen-bond donors (Lipinski definition) is 1. The van der Waals surface area contributed by atoms with Crippen LogP contribution >= 0.6 is 0 Å². The first-order chi connectivity index (χ1) is 10.4.